The van der Waals surface area contributed by atoms with E-state index in [1.54, 1.807) is 12.1 Å². The highest BCUT2D eigenvalue weighted by Gasteiger charge is 2.06. The van der Waals surface area contributed by atoms with Gasteiger partial charge in [0.25, 0.3) is 0 Å². The molecule has 0 radical (unpaired) electrons. The minimum atomic E-state index is -0.229. The highest BCUT2D eigenvalue weighted by molar-refractivity contribution is 5.39. The lowest BCUT2D eigenvalue weighted by Gasteiger charge is -2.16. The van der Waals surface area contributed by atoms with Gasteiger partial charge in [-0.2, -0.15) is 10.1 Å². The molecule has 1 aromatic heterocycles. The second-order valence-electron chi connectivity index (χ2n) is 4.86. The fourth-order valence-electron chi connectivity index (χ4n) is 1.86. The summed E-state index contributed by atoms with van der Waals surface area (Å²) in [4.78, 5) is 6.35. The molecule has 5 nitrogen and oxygen atoms in total. The fraction of sp³-hybridized carbons (Fsp3) is 0.400. The van der Waals surface area contributed by atoms with Gasteiger partial charge in [0.05, 0.1) is 6.20 Å². The van der Waals surface area contributed by atoms with Gasteiger partial charge in [-0.15, -0.1) is 5.10 Å². The SMILES string of the molecule is CCCCN(C)c1nncc(NCc2ccccc2F)n1. The summed E-state index contributed by atoms with van der Waals surface area (Å²) in [5.74, 6) is 0.931. The Bertz CT molecular complexity index is 575. The minimum absolute atomic E-state index is 0.229. The van der Waals surface area contributed by atoms with E-state index < -0.39 is 0 Å². The zero-order chi connectivity index (χ0) is 15.1. The number of nitrogens with zero attached hydrogens (tertiary/aromatic N) is 4. The average molecular weight is 289 g/mol. The first-order valence-corrected chi connectivity index (χ1v) is 7.09. The van der Waals surface area contributed by atoms with Gasteiger partial charge in [0.2, 0.25) is 5.95 Å². The molecule has 0 aliphatic heterocycles. The first kappa shape index (κ1) is 15.2. The van der Waals surface area contributed by atoms with Crippen molar-refractivity contribution >= 4 is 11.8 Å². The number of hydrogen-bond acceptors (Lipinski definition) is 5. The van der Waals surface area contributed by atoms with Crippen molar-refractivity contribution in [3.8, 4) is 0 Å². The van der Waals surface area contributed by atoms with E-state index in [-0.39, 0.29) is 5.82 Å². The van der Waals surface area contributed by atoms with Crippen molar-refractivity contribution in [2.45, 2.75) is 26.3 Å². The molecule has 6 heteroatoms. The Labute approximate surface area is 124 Å². The third kappa shape index (κ3) is 4.37. The van der Waals surface area contributed by atoms with Gasteiger partial charge in [-0.3, -0.25) is 0 Å². The zero-order valence-corrected chi connectivity index (χ0v) is 12.4. The number of aromatic nitrogens is 3. The Morgan fingerprint density at radius 3 is 2.86 bits per heavy atom. The minimum Gasteiger partial charge on any atom is -0.364 e. The first-order valence-electron chi connectivity index (χ1n) is 7.09. The van der Waals surface area contributed by atoms with Crippen molar-refractivity contribution < 1.29 is 4.39 Å². The molecule has 0 bridgehead atoms. The Morgan fingerprint density at radius 1 is 1.29 bits per heavy atom. The van der Waals surface area contributed by atoms with Crippen molar-refractivity contribution in [3.05, 3.63) is 41.8 Å². The molecule has 2 aromatic rings. The predicted molar refractivity (Wildman–Crippen MR) is 81.7 cm³/mol. The molecule has 0 atom stereocenters. The van der Waals surface area contributed by atoms with Crippen LogP contribution in [0.25, 0.3) is 0 Å². The Kier molecular flexibility index (Phi) is 5.43. The molecule has 0 spiro atoms. The number of unbranched alkanes of at least 4 members (excludes halogenated alkanes) is 1. The zero-order valence-electron chi connectivity index (χ0n) is 12.4. The van der Waals surface area contributed by atoms with E-state index in [1.165, 1.54) is 12.3 Å². The summed E-state index contributed by atoms with van der Waals surface area (Å²) < 4.78 is 13.5. The van der Waals surface area contributed by atoms with Crippen LogP contribution in [0.2, 0.25) is 0 Å². The van der Waals surface area contributed by atoms with Crippen LogP contribution < -0.4 is 10.2 Å². The van der Waals surface area contributed by atoms with Gasteiger partial charge >= 0.3 is 0 Å². The monoisotopic (exact) mass is 289 g/mol. The van der Waals surface area contributed by atoms with Gasteiger partial charge in [0.15, 0.2) is 5.82 Å². The summed E-state index contributed by atoms with van der Waals surface area (Å²) in [7, 11) is 1.94. The van der Waals surface area contributed by atoms with Crippen LogP contribution >= 0.6 is 0 Å². The third-order valence-corrected chi connectivity index (χ3v) is 3.15. The molecule has 1 heterocycles. The predicted octanol–water partition coefficient (Wildman–Crippen LogP) is 2.86. The quantitative estimate of drug-likeness (QED) is 0.849. The van der Waals surface area contributed by atoms with Gasteiger partial charge in [-0.25, -0.2) is 4.39 Å². The van der Waals surface area contributed by atoms with E-state index in [9.17, 15) is 4.39 Å². The van der Waals surface area contributed by atoms with Crippen molar-refractivity contribution in [2.75, 3.05) is 23.8 Å². The average Bonchev–Trinajstić information content (AvgIpc) is 2.52. The molecule has 1 aromatic carbocycles. The van der Waals surface area contributed by atoms with Crippen LogP contribution in [-0.4, -0.2) is 28.8 Å². The maximum Gasteiger partial charge on any atom is 0.247 e. The van der Waals surface area contributed by atoms with Crippen molar-refractivity contribution in [3.63, 3.8) is 0 Å². The highest BCUT2D eigenvalue weighted by Crippen LogP contribution is 2.11. The number of nitrogens with one attached hydrogen (secondary N) is 1. The van der Waals surface area contributed by atoms with E-state index in [0.717, 1.165) is 19.4 Å². The van der Waals surface area contributed by atoms with Gasteiger partial charge in [-0.05, 0) is 12.5 Å². The van der Waals surface area contributed by atoms with Crippen molar-refractivity contribution in [1.29, 1.82) is 0 Å². The summed E-state index contributed by atoms with van der Waals surface area (Å²) in [6, 6.07) is 6.67. The molecule has 21 heavy (non-hydrogen) atoms. The highest BCUT2D eigenvalue weighted by atomic mass is 19.1. The molecular formula is C15H20FN5. The Balaban J connectivity index is 1.99. The number of rotatable bonds is 7. The van der Waals surface area contributed by atoms with E-state index in [2.05, 4.69) is 27.4 Å². The van der Waals surface area contributed by atoms with Crippen LogP contribution in [0.4, 0.5) is 16.2 Å². The fourth-order valence-corrected chi connectivity index (χ4v) is 1.86. The molecular weight excluding hydrogens is 269 g/mol. The molecule has 0 saturated heterocycles. The van der Waals surface area contributed by atoms with Crippen LogP contribution in [-0.2, 0) is 6.54 Å². The van der Waals surface area contributed by atoms with Crippen LogP contribution in [0.1, 0.15) is 25.3 Å². The van der Waals surface area contributed by atoms with Gasteiger partial charge in [0.1, 0.15) is 5.82 Å². The van der Waals surface area contributed by atoms with E-state index in [4.69, 9.17) is 0 Å². The smallest absolute Gasteiger partial charge is 0.247 e. The molecule has 2 rings (SSSR count). The Hall–Kier alpha value is -2.24. The van der Waals surface area contributed by atoms with E-state index >= 15 is 0 Å². The molecule has 0 unspecified atom stereocenters. The van der Waals surface area contributed by atoms with Crippen LogP contribution in [0.15, 0.2) is 30.5 Å². The number of anilines is 2. The number of halogens is 1. The summed E-state index contributed by atoms with van der Waals surface area (Å²) >= 11 is 0. The summed E-state index contributed by atoms with van der Waals surface area (Å²) in [6.45, 7) is 3.39. The maximum absolute atomic E-state index is 13.5. The van der Waals surface area contributed by atoms with Gasteiger partial charge in [0, 0.05) is 25.7 Å². The molecule has 1 N–H and O–H groups in total. The molecule has 0 saturated carbocycles. The molecule has 112 valence electrons. The van der Waals surface area contributed by atoms with Crippen molar-refractivity contribution in [2.24, 2.45) is 0 Å². The molecule has 0 amide bonds. The molecule has 0 fully saturated rings. The number of hydrogen-bond donors (Lipinski definition) is 1. The summed E-state index contributed by atoms with van der Waals surface area (Å²) in [5, 5.41) is 11.0. The molecule has 0 aliphatic rings. The van der Waals surface area contributed by atoms with Gasteiger partial charge < -0.3 is 10.2 Å². The lowest BCUT2D eigenvalue weighted by molar-refractivity contribution is 0.613. The molecule has 0 aliphatic carbocycles. The topological polar surface area (TPSA) is 53.9 Å². The normalized spacial score (nSPS) is 10.4. The van der Waals surface area contributed by atoms with Crippen LogP contribution in [0.3, 0.4) is 0 Å². The largest absolute Gasteiger partial charge is 0.364 e. The van der Waals surface area contributed by atoms with E-state index in [1.807, 2.05) is 18.0 Å². The Morgan fingerprint density at radius 2 is 2.10 bits per heavy atom. The lowest BCUT2D eigenvalue weighted by atomic mass is 10.2. The summed E-state index contributed by atoms with van der Waals surface area (Å²) in [5.41, 5.74) is 0.594. The van der Waals surface area contributed by atoms with E-state index in [0.29, 0.717) is 23.9 Å². The number of benzene rings is 1. The maximum atomic E-state index is 13.5. The third-order valence-electron chi connectivity index (χ3n) is 3.15. The van der Waals surface area contributed by atoms with Crippen molar-refractivity contribution in [1.82, 2.24) is 15.2 Å². The second-order valence-corrected chi connectivity index (χ2v) is 4.86. The van der Waals surface area contributed by atoms with Gasteiger partial charge in [-0.1, -0.05) is 31.5 Å². The standard InChI is InChI=1S/C15H20FN5/c1-3-4-9-21(2)15-19-14(11-18-20-15)17-10-12-7-5-6-8-13(12)16/h5-8,11H,3-4,9-10H2,1-2H3,(H,17,19,20). The second kappa shape index (κ2) is 7.52. The van der Waals surface area contributed by atoms with Crippen LogP contribution in [0, 0.1) is 5.82 Å². The summed E-state index contributed by atoms with van der Waals surface area (Å²) in [6.07, 6.45) is 3.73. The van der Waals surface area contributed by atoms with Crippen LogP contribution in [0.5, 0.6) is 0 Å². The lowest BCUT2D eigenvalue weighted by Crippen LogP contribution is -2.21. The first-order chi connectivity index (χ1) is 10.2.